The van der Waals surface area contributed by atoms with E-state index in [4.69, 9.17) is 4.74 Å². The summed E-state index contributed by atoms with van der Waals surface area (Å²) in [5.74, 6) is 1.78. The Balaban J connectivity index is 1.34. The normalized spacial score (nSPS) is 15.0. The lowest BCUT2D eigenvalue weighted by atomic mass is 10.1. The van der Waals surface area contributed by atoms with Crippen LogP contribution in [0.2, 0.25) is 0 Å². The molecule has 0 saturated carbocycles. The van der Waals surface area contributed by atoms with Gasteiger partial charge >= 0.3 is 0 Å². The number of hydrogen-bond acceptors (Lipinski definition) is 3. The fourth-order valence-electron chi connectivity index (χ4n) is 3.39. The largest absolute Gasteiger partial charge is 0.457 e. The zero-order valence-electron chi connectivity index (χ0n) is 14.9. The second-order valence-corrected chi connectivity index (χ2v) is 6.66. The Morgan fingerprint density at radius 2 is 1.31 bits per heavy atom. The maximum atomic E-state index is 5.96. The Morgan fingerprint density at radius 1 is 0.654 bits per heavy atom. The van der Waals surface area contributed by atoms with Crippen molar-refractivity contribution in [1.29, 1.82) is 0 Å². The van der Waals surface area contributed by atoms with E-state index in [9.17, 15) is 0 Å². The van der Waals surface area contributed by atoms with Crippen molar-refractivity contribution in [2.24, 2.45) is 0 Å². The molecule has 4 rings (SSSR count). The molecule has 0 spiro atoms. The molecule has 0 aliphatic carbocycles. The molecule has 1 heterocycles. The van der Waals surface area contributed by atoms with E-state index in [-0.39, 0.29) is 0 Å². The fraction of sp³-hybridized carbons (Fsp3) is 0.217. The van der Waals surface area contributed by atoms with E-state index >= 15 is 0 Å². The number of anilines is 1. The van der Waals surface area contributed by atoms with Gasteiger partial charge in [-0.15, -0.1) is 0 Å². The van der Waals surface area contributed by atoms with Crippen LogP contribution in [0.25, 0.3) is 0 Å². The highest BCUT2D eigenvalue weighted by atomic mass is 16.5. The van der Waals surface area contributed by atoms with Crippen LogP contribution in [-0.2, 0) is 6.54 Å². The van der Waals surface area contributed by atoms with Crippen LogP contribution in [0.5, 0.6) is 11.5 Å². The number of nitrogens with zero attached hydrogens (tertiary/aromatic N) is 2. The van der Waals surface area contributed by atoms with Gasteiger partial charge in [-0.25, -0.2) is 0 Å². The van der Waals surface area contributed by atoms with Gasteiger partial charge in [-0.05, 0) is 42.0 Å². The van der Waals surface area contributed by atoms with Crippen LogP contribution in [0.15, 0.2) is 84.9 Å². The summed E-state index contributed by atoms with van der Waals surface area (Å²) in [6.07, 6.45) is 0. The first kappa shape index (κ1) is 16.7. The van der Waals surface area contributed by atoms with Crippen molar-refractivity contribution in [2.45, 2.75) is 6.54 Å². The second-order valence-electron chi connectivity index (χ2n) is 6.66. The lowest BCUT2D eigenvalue weighted by Gasteiger charge is -2.36. The molecule has 26 heavy (non-hydrogen) atoms. The van der Waals surface area contributed by atoms with Gasteiger partial charge in [-0.1, -0.05) is 48.5 Å². The molecular formula is C23H24N2O. The van der Waals surface area contributed by atoms with Crippen LogP contribution in [-0.4, -0.2) is 31.1 Å². The van der Waals surface area contributed by atoms with Crippen LogP contribution in [0.3, 0.4) is 0 Å². The van der Waals surface area contributed by atoms with Gasteiger partial charge in [0.2, 0.25) is 0 Å². The highest BCUT2D eigenvalue weighted by Gasteiger charge is 2.17. The summed E-state index contributed by atoms with van der Waals surface area (Å²) in [6.45, 7) is 5.28. The van der Waals surface area contributed by atoms with Crippen molar-refractivity contribution in [3.63, 3.8) is 0 Å². The summed E-state index contributed by atoms with van der Waals surface area (Å²) in [5, 5.41) is 0. The minimum Gasteiger partial charge on any atom is -0.457 e. The van der Waals surface area contributed by atoms with Gasteiger partial charge in [-0.3, -0.25) is 4.90 Å². The Bertz CT molecular complexity index is 812. The molecule has 0 atom stereocenters. The molecule has 3 aromatic carbocycles. The van der Waals surface area contributed by atoms with Crippen molar-refractivity contribution in [3.8, 4) is 11.5 Å². The topological polar surface area (TPSA) is 15.7 Å². The summed E-state index contributed by atoms with van der Waals surface area (Å²) in [7, 11) is 0. The Labute approximate surface area is 155 Å². The molecule has 1 aliphatic heterocycles. The smallest absolute Gasteiger partial charge is 0.127 e. The summed E-state index contributed by atoms with van der Waals surface area (Å²) < 4.78 is 5.96. The van der Waals surface area contributed by atoms with Crippen molar-refractivity contribution in [3.05, 3.63) is 90.5 Å². The number of rotatable bonds is 5. The molecule has 0 N–H and O–H groups in total. The standard InChI is InChI=1S/C23H24N2O/c1-3-9-21(10-4-1)25-16-14-24(15-17-25)19-20-8-7-13-23(18-20)26-22-11-5-2-6-12-22/h1-13,18H,14-17,19H2. The molecule has 132 valence electrons. The van der Waals surface area contributed by atoms with E-state index in [0.29, 0.717) is 0 Å². The molecular weight excluding hydrogens is 320 g/mol. The van der Waals surface area contributed by atoms with Gasteiger partial charge in [0.05, 0.1) is 0 Å². The molecule has 0 bridgehead atoms. The first-order valence-corrected chi connectivity index (χ1v) is 9.21. The van der Waals surface area contributed by atoms with Crippen molar-refractivity contribution < 1.29 is 4.74 Å². The van der Waals surface area contributed by atoms with E-state index in [0.717, 1.165) is 44.2 Å². The molecule has 0 radical (unpaired) electrons. The number of benzene rings is 3. The van der Waals surface area contributed by atoms with Crippen LogP contribution >= 0.6 is 0 Å². The average molecular weight is 344 g/mol. The van der Waals surface area contributed by atoms with Crippen molar-refractivity contribution in [2.75, 3.05) is 31.1 Å². The zero-order valence-corrected chi connectivity index (χ0v) is 14.9. The molecule has 3 aromatic rings. The first-order chi connectivity index (χ1) is 12.9. The van der Waals surface area contributed by atoms with Crippen molar-refractivity contribution in [1.82, 2.24) is 4.90 Å². The van der Waals surface area contributed by atoms with Gasteiger partial charge in [-0.2, -0.15) is 0 Å². The van der Waals surface area contributed by atoms with Gasteiger partial charge in [0, 0.05) is 38.4 Å². The SMILES string of the molecule is c1ccc(Oc2cccc(CN3CCN(c4ccccc4)CC3)c2)cc1. The quantitative estimate of drug-likeness (QED) is 0.661. The van der Waals surface area contributed by atoms with E-state index in [1.165, 1.54) is 11.3 Å². The predicted molar refractivity (Wildman–Crippen MR) is 107 cm³/mol. The third kappa shape index (κ3) is 4.24. The third-order valence-electron chi connectivity index (χ3n) is 4.78. The molecule has 1 fully saturated rings. The molecule has 0 aromatic heterocycles. The van der Waals surface area contributed by atoms with Crippen LogP contribution in [0.1, 0.15) is 5.56 Å². The summed E-state index contributed by atoms with van der Waals surface area (Å²) >= 11 is 0. The third-order valence-corrected chi connectivity index (χ3v) is 4.78. The monoisotopic (exact) mass is 344 g/mol. The van der Waals surface area contributed by atoms with E-state index in [1.807, 2.05) is 36.4 Å². The summed E-state index contributed by atoms with van der Waals surface area (Å²) in [6, 6.07) is 29.1. The van der Waals surface area contributed by atoms with E-state index < -0.39 is 0 Å². The van der Waals surface area contributed by atoms with Gasteiger partial charge < -0.3 is 9.64 Å². The number of ether oxygens (including phenoxy) is 1. The lowest BCUT2D eigenvalue weighted by Crippen LogP contribution is -2.45. The van der Waals surface area contributed by atoms with E-state index in [2.05, 4.69) is 58.3 Å². The average Bonchev–Trinajstić information content (AvgIpc) is 2.70. The van der Waals surface area contributed by atoms with Gasteiger partial charge in [0.25, 0.3) is 0 Å². The molecule has 3 heteroatoms. The highest BCUT2D eigenvalue weighted by molar-refractivity contribution is 5.46. The summed E-state index contributed by atoms with van der Waals surface area (Å²) in [4.78, 5) is 4.98. The zero-order chi connectivity index (χ0) is 17.6. The van der Waals surface area contributed by atoms with Crippen LogP contribution in [0, 0.1) is 0 Å². The Hall–Kier alpha value is -2.78. The van der Waals surface area contributed by atoms with E-state index in [1.54, 1.807) is 0 Å². The Kier molecular flexibility index (Phi) is 5.17. The second kappa shape index (κ2) is 8.07. The molecule has 0 amide bonds. The molecule has 3 nitrogen and oxygen atoms in total. The van der Waals surface area contributed by atoms with Gasteiger partial charge in [0.1, 0.15) is 11.5 Å². The van der Waals surface area contributed by atoms with Crippen molar-refractivity contribution >= 4 is 5.69 Å². The Morgan fingerprint density at radius 3 is 2.04 bits per heavy atom. The maximum Gasteiger partial charge on any atom is 0.127 e. The minimum absolute atomic E-state index is 0.876. The van der Waals surface area contributed by atoms with Crippen LogP contribution in [0.4, 0.5) is 5.69 Å². The van der Waals surface area contributed by atoms with Gasteiger partial charge in [0.15, 0.2) is 0 Å². The number of piperazine rings is 1. The molecule has 1 saturated heterocycles. The minimum atomic E-state index is 0.876. The maximum absolute atomic E-state index is 5.96. The van der Waals surface area contributed by atoms with Crippen LogP contribution < -0.4 is 9.64 Å². The molecule has 0 unspecified atom stereocenters. The lowest BCUT2D eigenvalue weighted by molar-refractivity contribution is 0.249. The highest BCUT2D eigenvalue weighted by Crippen LogP contribution is 2.23. The molecule has 1 aliphatic rings. The number of hydrogen-bond donors (Lipinski definition) is 0. The number of para-hydroxylation sites is 2. The summed E-state index contributed by atoms with van der Waals surface area (Å²) in [5.41, 5.74) is 2.62. The fourth-order valence-corrected chi connectivity index (χ4v) is 3.39. The first-order valence-electron chi connectivity index (χ1n) is 9.21. The predicted octanol–water partition coefficient (Wildman–Crippen LogP) is 4.80.